The van der Waals surface area contributed by atoms with Gasteiger partial charge >= 0.3 is 0 Å². The molecule has 27 heavy (non-hydrogen) atoms. The predicted molar refractivity (Wildman–Crippen MR) is 102 cm³/mol. The molecule has 1 aliphatic heterocycles. The van der Waals surface area contributed by atoms with Crippen LogP contribution in [-0.2, 0) is 0 Å². The van der Waals surface area contributed by atoms with E-state index in [0.29, 0.717) is 33.8 Å². The monoisotopic (exact) mass is 386 g/mol. The molecule has 0 unspecified atom stereocenters. The van der Waals surface area contributed by atoms with Crippen molar-refractivity contribution in [2.45, 2.75) is 31.8 Å². The smallest absolute Gasteiger partial charge is 0.271 e. The Bertz CT molecular complexity index is 861. The van der Waals surface area contributed by atoms with E-state index in [9.17, 15) is 4.79 Å². The SMILES string of the molecule is O=C(N/N=C/c1cc2c(cc1Cl)OCO2)c1ccc(OC2CCCC2)cc1. The van der Waals surface area contributed by atoms with E-state index in [1.54, 1.807) is 24.3 Å². The molecule has 0 atom stereocenters. The molecule has 2 aliphatic rings. The standard InChI is InChI=1S/C20H19ClN2O4/c21-17-10-19-18(25-12-26-19)9-14(17)11-22-23-20(24)13-5-7-16(8-6-13)27-15-3-1-2-4-15/h5-11,15H,1-4,12H2,(H,23,24)/b22-11+. The lowest BCUT2D eigenvalue weighted by Crippen LogP contribution is -2.17. The molecule has 4 rings (SSSR count). The van der Waals surface area contributed by atoms with Gasteiger partial charge in [0.2, 0.25) is 6.79 Å². The van der Waals surface area contributed by atoms with Crippen LogP contribution in [-0.4, -0.2) is 25.0 Å². The van der Waals surface area contributed by atoms with Crippen LogP contribution >= 0.6 is 11.6 Å². The number of nitrogens with one attached hydrogen (secondary N) is 1. The van der Waals surface area contributed by atoms with Crippen molar-refractivity contribution in [1.29, 1.82) is 0 Å². The molecule has 0 radical (unpaired) electrons. The van der Waals surface area contributed by atoms with Crippen molar-refractivity contribution in [3.05, 3.63) is 52.5 Å². The highest BCUT2D eigenvalue weighted by molar-refractivity contribution is 6.33. The summed E-state index contributed by atoms with van der Waals surface area (Å²) in [5, 5.41) is 4.44. The maximum atomic E-state index is 12.2. The summed E-state index contributed by atoms with van der Waals surface area (Å²) in [5.41, 5.74) is 3.62. The zero-order valence-electron chi connectivity index (χ0n) is 14.6. The number of fused-ring (bicyclic) bond motifs is 1. The van der Waals surface area contributed by atoms with Gasteiger partial charge in [0.15, 0.2) is 11.5 Å². The predicted octanol–water partition coefficient (Wildman–Crippen LogP) is 4.15. The van der Waals surface area contributed by atoms with Crippen molar-refractivity contribution in [1.82, 2.24) is 5.43 Å². The molecule has 0 aromatic heterocycles. The van der Waals surface area contributed by atoms with Gasteiger partial charge in [0.1, 0.15) is 5.75 Å². The maximum absolute atomic E-state index is 12.2. The van der Waals surface area contributed by atoms with E-state index in [1.165, 1.54) is 19.1 Å². The van der Waals surface area contributed by atoms with Gasteiger partial charge in [-0.15, -0.1) is 0 Å². The van der Waals surface area contributed by atoms with Crippen LogP contribution in [0.2, 0.25) is 5.02 Å². The third kappa shape index (κ3) is 4.17. The Labute approximate surface area is 162 Å². The van der Waals surface area contributed by atoms with E-state index in [2.05, 4.69) is 10.5 Å². The lowest BCUT2D eigenvalue weighted by atomic mass is 10.2. The summed E-state index contributed by atoms with van der Waals surface area (Å²) in [7, 11) is 0. The maximum Gasteiger partial charge on any atom is 0.271 e. The highest BCUT2D eigenvalue weighted by Gasteiger charge is 2.17. The van der Waals surface area contributed by atoms with E-state index < -0.39 is 0 Å². The van der Waals surface area contributed by atoms with Gasteiger partial charge in [0.05, 0.1) is 17.3 Å². The van der Waals surface area contributed by atoms with Crippen molar-refractivity contribution in [2.75, 3.05) is 6.79 Å². The number of carbonyl (C=O) groups is 1. The summed E-state index contributed by atoms with van der Waals surface area (Å²) in [6.07, 6.45) is 6.40. The molecule has 140 valence electrons. The molecule has 0 spiro atoms. The van der Waals surface area contributed by atoms with Crippen LogP contribution in [0.4, 0.5) is 0 Å². The van der Waals surface area contributed by atoms with Crippen molar-refractivity contribution in [3.63, 3.8) is 0 Å². The van der Waals surface area contributed by atoms with Crippen molar-refractivity contribution < 1.29 is 19.0 Å². The number of hydrogen-bond acceptors (Lipinski definition) is 5. The molecule has 1 aliphatic carbocycles. The Morgan fingerprint density at radius 2 is 1.85 bits per heavy atom. The lowest BCUT2D eigenvalue weighted by molar-refractivity contribution is 0.0955. The van der Waals surface area contributed by atoms with E-state index in [1.807, 2.05) is 12.1 Å². The molecule has 1 amide bonds. The first-order chi connectivity index (χ1) is 13.2. The fraction of sp³-hybridized carbons (Fsp3) is 0.300. The quantitative estimate of drug-likeness (QED) is 0.619. The van der Waals surface area contributed by atoms with Crippen molar-refractivity contribution in [2.24, 2.45) is 5.10 Å². The second-order valence-corrected chi connectivity index (χ2v) is 6.88. The van der Waals surface area contributed by atoms with Gasteiger partial charge in [-0.3, -0.25) is 4.79 Å². The van der Waals surface area contributed by atoms with Crippen molar-refractivity contribution >= 4 is 23.7 Å². The van der Waals surface area contributed by atoms with Gasteiger partial charge in [-0.2, -0.15) is 5.10 Å². The Hall–Kier alpha value is -2.73. The Balaban J connectivity index is 1.35. The normalized spacial score (nSPS) is 16.0. The average molecular weight is 387 g/mol. The first kappa shape index (κ1) is 17.7. The molecule has 1 fully saturated rings. The second-order valence-electron chi connectivity index (χ2n) is 6.47. The molecule has 1 heterocycles. The molecule has 0 bridgehead atoms. The van der Waals surface area contributed by atoms with E-state index in [0.717, 1.165) is 18.6 Å². The molecular formula is C20H19ClN2O4. The fourth-order valence-corrected chi connectivity index (χ4v) is 3.34. The lowest BCUT2D eigenvalue weighted by Gasteiger charge is -2.13. The summed E-state index contributed by atoms with van der Waals surface area (Å²) in [6.45, 7) is 0.170. The van der Waals surface area contributed by atoms with Gasteiger partial charge in [-0.05, 0) is 56.0 Å². The van der Waals surface area contributed by atoms with Crippen LogP contribution in [0.15, 0.2) is 41.5 Å². The van der Waals surface area contributed by atoms with E-state index in [-0.39, 0.29) is 12.7 Å². The summed E-state index contributed by atoms with van der Waals surface area (Å²) < 4.78 is 16.5. The number of hydrogen-bond donors (Lipinski definition) is 1. The minimum atomic E-state index is -0.310. The third-order valence-electron chi connectivity index (χ3n) is 4.58. The van der Waals surface area contributed by atoms with Crippen LogP contribution in [0.25, 0.3) is 0 Å². The zero-order valence-corrected chi connectivity index (χ0v) is 15.4. The number of benzene rings is 2. The number of rotatable bonds is 5. The highest BCUT2D eigenvalue weighted by Crippen LogP contribution is 2.36. The fourth-order valence-electron chi connectivity index (χ4n) is 3.14. The molecule has 1 N–H and O–H groups in total. The van der Waals surface area contributed by atoms with Gasteiger partial charge in [-0.1, -0.05) is 11.6 Å². The molecular weight excluding hydrogens is 368 g/mol. The number of nitrogens with zero attached hydrogens (tertiary/aromatic N) is 1. The molecule has 7 heteroatoms. The third-order valence-corrected chi connectivity index (χ3v) is 4.91. The first-order valence-electron chi connectivity index (χ1n) is 8.88. The summed E-state index contributed by atoms with van der Waals surface area (Å²) in [5.74, 6) is 1.68. The molecule has 2 aromatic rings. The topological polar surface area (TPSA) is 69.2 Å². The van der Waals surface area contributed by atoms with E-state index in [4.69, 9.17) is 25.8 Å². The van der Waals surface area contributed by atoms with Crippen LogP contribution in [0.1, 0.15) is 41.6 Å². The molecule has 1 saturated carbocycles. The van der Waals surface area contributed by atoms with Gasteiger partial charge in [-0.25, -0.2) is 5.43 Å². The first-order valence-corrected chi connectivity index (χ1v) is 9.26. The zero-order chi connectivity index (χ0) is 18.6. The Morgan fingerprint density at radius 1 is 1.15 bits per heavy atom. The number of ether oxygens (including phenoxy) is 3. The average Bonchev–Trinajstić information content (AvgIpc) is 3.34. The molecule has 0 saturated heterocycles. The summed E-state index contributed by atoms with van der Waals surface area (Å²) in [6, 6.07) is 10.5. The van der Waals surface area contributed by atoms with Crippen molar-refractivity contribution in [3.8, 4) is 17.2 Å². The van der Waals surface area contributed by atoms with Crippen LogP contribution in [0, 0.1) is 0 Å². The summed E-state index contributed by atoms with van der Waals surface area (Å²) in [4.78, 5) is 12.2. The molecule has 2 aromatic carbocycles. The largest absolute Gasteiger partial charge is 0.490 e. The van der Waals surface area contributed by atoms with Gasteiger partial charge in [0, 0.05) is 17.2 Å². The van der Waals surface area contributed by atoms with Crippen LogP contribution < -0.4 is 19.6 Å². The molecule has 6 nitrogen and oxygen atoms in total. The summed E-state index contributed by atoms with van der Waals surface area (Å²) >= 11 is 6.17. The Kier molecular flexibility index (Phi) is 5.16. The van der Waals surface area contributed by atoms with Crippen LogP contribution in [0.5, 0.6) is 17.2 Å². The van der Waals surface area contributed by atoms with Gasteiger partial charge in [0.25, 0.3) is 5.91 Å². The van der Waals surface area contributed by atoms with E-state index >= 15 is 0 Å². The number of amides is 1. The highest BCUT2D eigenvalue weighted by atomic mass is 35.5. The second kappa shape index (κ2) is 7.88. The number of halogens is 1. The van der Waals surface area contributed by atoms with Gasteiger partial charge < -0.3 is 14.2 Å². The minimum absolute atomic E-state index is 0.170. The number of hydrazone groups is 1. The number of carbonyl (C=O) groups excluding carboxylic acids is 1. The van der Waals surface area contributed by atoms with Crippen LogP contribution in [0.3, 0.4) is 0 Å². The Morgan fingerprint density at radius 3 is 2.59 bits per heavy atom. The minimum Gasteiger partial charge on any atom is -0.490 e.